The Labute approximate surface area is 388 Å². The molecule has 1 aliphatic rings. The minimum Gasteiger partial charge on any atom is -0.504 e. The quantitative estimate of drug-likeness (QED) is 0.0928. The van der Waals surface area contributed by atoms with E-state index in [0.29, 0.717) is 36.0 Å². The number of alkyl halides is 2. The molecule has 64 heavy (non-hydrogen) atoms. The molecule has 356 valence electrons. The van der Waals surface area contributed by atoms with E-state index in [9.17, 15) is 28.3 Å². The number of aliphatic imine (C=N–C) groups is 1. The second-order valence-corrected chi connectivity index (χ2v) is 15.7. The molecule has 1 aromatic carbocycles. The Hall–Kier alpha value is -5.01. The van der Waals surface area contributed by atoms with Crippen molar-refractivity contribution in [2.45, 2.75) is 140 Å². The fraction of sp³-hybridized carbons (Fsp3) is 0.520. The molecule has 3 N–H and O–H groups in total. The van der Waals surface area contributed by atoms with Crippen molar-refractivity contribution >= 4 is 40.5 Å². The van der Waals surface area contributed by atoms with E-state index in [1.54, 1.807) is 18.7 Å². The SMILES string of the molecule is C/C=C1/C=C(C(C)NC)C=CC1=NC.C=C(C)N(CC(=O)Nc1ccc(C(C)(F)F)cc1Cl)/C(CC)=C(\C(=O)CCC)N(CCC)CCC.CC(=O)c1ncnc(C)c1O.CCCC. The predicted octanol–water partition coefficient (Wildman–Crippen LogP) is 11.9. The normalized spacial score (nSPS) is 14.0. The first-order chi connectivity index (χ1) is 30.2. The number of ketones is 2. The number of aromatic hydroxyl groups is 1. The number of nitrogens with one attached hydrogen (secondary N) is 2. The van der Waals surface area contributed by atoms with E-state index < -0.39 is 11.8 Å². The number of carbonyl (C=O) groups excluding carboxylic acids is 3. The van der Waals surface area contributed by atoms with Crippen LogP contribution in [0, 0.1) is 6.92 Å². The summed E-state index contributed by atoms with van der Waals surface area (Å²) in [6, 6.07) is 4.15. The number of hydrogen-bond acceptors (Lipinski definition) is 10. The molecule has 0 fully saturated rings. The lowest BCUT2D eigenvalue weighted by Crippen LogP contribution is -2.37. The highest BCUT2D eigenvalue weighted by Gasteiger charge is 2.27. The first-order valence-corrected chi connectivity index (χ1v) is 22.7. The van der Waals surface area contributed by atoms with Crippen LogP contribution in [0.2, 0.25) is 5.02 Å². The van der Waals surface area contributed by atoms with E-state index >= 15 is 0 Å². The maximum absolute atomic E-state index is 13.6. The third-order valence-electron chi connectivity index (χ3n) is 9.87. The van der Waals surface area contributed by atoms with Gasteiger partial charge in [0.1, 0.15) is 18.6 Å². The minimum absolute atomic E-state index is 0.0291. The zero-order valence-electron chi connectivity index (χ0n) is 41.0. The van der Waals surface area contributed by atoms with E-state index in [0.717, 1.165) is 56.8 Å². The largest absolute Gasteiger partial charge is 0.504 e. The standard InChI is InChI=1S/C27H40ClF2N3O2.C12H18N2.C7H8N2O2.C4H10/c1-8-12-24(34)26(32(15-9-2)16-10-3)23(11-4)33(19(5)6)18-25(35)31-22-14-13-20(17-21(22)28)27(7,29)30;1-5-10-8-11(9(2)13-3)6-7-12(10)14-4;1-4-7(11)6(5(2)10)9-3-8-4;1-3-4-2/h13-14,17H,5,8-12,15-16,18H2,1-4,6-7H3,(H,31,35);5-9,13H,1-4H3;3,11H,1-2H3;3-4H2,1-2H3/b26-23+;10-5-,14-12?;;. The number of Topliss-reactive ketones (excluding diaryl/α,β-unsaturated/α-hetero) is 2. The number of aryl methyl sites for hydroxylation is 1. The predicted molar refractivity (Wildman–Crippen MR) is 262 cm³/mol. The van der Waals surface area contributed by atoms with Crippen LogP contribution in [-0.2, 0) is 15.5 Å². The van der Waals surface area contributed by atoms with Crippen LogP contribution in [0.4, 0.5) is 14.5 Å². The summed E-state index contributed by atoms with van der Waals surface area (Å²) in [5.41, 5.74) is 6.09. The summed E-state index contributed by atoms with van der Waals surface area (Å²) < 4.78 is 27.2. The van der Waals surface area contributed by atoms with Crippen LogP contribution in [0.1, 0.15) is 143 Å². The van der Waals surface area contributed by atoms with Crippen LogP contribution in [-0.4, -0.2) is 87.8 Å². The third-order valence-corrected chi connectivity index (χ3v) is 10.2. The number of halogens is 3. The van der Waals surface area contributed by atoms with E-state index in [1.807, 2.05) is 34.9 Å². The molecule has 1 unspecified atom stereocenters. The van der Waals surface area contributed by atoms with Crippen molar-refractivity contribution in [2.75, 3.05) is 39.0 Å². The second-order valence-electron chi connectivity index (χ2n) is 15.3. The highest BCUT2D eigenvalue weighted by Crippen LogP contribution is 2.33. The maximum Gasteiger partial charge on any atom is 0.270 e. The van der Waals surface area contributed by atoms with Gasteiger partial charge in [-0.3, -0.25) is 19.4 Å². The van der Waals surface area contributed by atoms with Gasteiger partial charge >= 0.3 is 0 Å². The van der Waals surface area contributed by atoms with E-state index in [-0.39, 0.29) is 45.8 Å². The zero-order chi connectivity index (χ0) is 49.2. The Balaban J connectivity index is 0.00000110. The summed E-state index contributed by atoms with van der Waals surface area (Å²) in [6.07, 6.45) is 15.8. The van der Waals surface area contributed by atoms with Gasteiger partial charge in [0, 0.05) is 63.4 Å². The number of amides is 1. The molecule has 1 aromatic heterocycles. The fourth-order valence-electron chi connectivity index (χ4n) is 6.08. The van der Waals surface area contributed by atoms with Crippen LogP contribution in [0.3, 0.4) is 0 Å². The lowest BCUT2D eigenvalue weighted by molar-refractivity contribution is -0.118. The number of rotatable bonds is 19. The van der Waals surface area contributed by atoms with Crippen molar-refractivity contribution in [3.63, 3.8) is 0 Å². The molecule has 0 saturated carbocycles. The zero-order valence-corrected chi connectivity index (χ0v) is 41.8. The average molecular weight is 913 g/mol. The van der Waals surface area contributed by atoms with Crippen LogP contribution < -0.4 is 10.6 Å². The van der Waals surface area contributed by atoms with Crippen molar-refractivity contribution in [3.8, 4) is 5.75 Å². The highest BCUT2D eigenvalue weighted by molar-refractivity contribution is 6.33. The Morgan fingerprint density at radius 2 is 1.61 bits per heavy atom. The molecule has 1 heterocycles. The van der Waals surface area contributed by atoms with Gasteiger partial charge in [0.2, 0.25) is 5.91 Å². The van der Waals surface area contributed by atoms with Crippen molar-refractivity contribution in [3.05, 3.63) is 106 Å². The lowest BCUT2D eigenvalue weighted by atomic mass is 9.96. The van der Waals surface area contributed by atoms with E-state index in [4.69, 9.17) is 11.6 Å². The highest BCUT2D eigenvalue weighted by atomic mass is 35.5. The van der Waals surface area contributed by atoms with Crippen molar-refractivity contribution in [1.29, 1.82) is 0 Å². The molecule has 0 bridgehead atoms. The number of allylic oxidation sites excluding steroid dienone is 7. The first-order valence-electron chi connectivity index (χ1n) is 22.3. The number of likely N-dealkylation sites (N-methyl/N-ethyl adjacent to an activating group) is 1. The van der Waals surface area contributed by atoms with Crippen LogP contribution >= 0.6 is 11.6 Å². The molecule has 14 heteroatoms. The number of anilines is 1. The van der Waals surface area contributed by atoms with Crippen LogP contribution in [0.15, 0.2) is 88.6 Å². The molecule has 1 atom stereocenters. The molecule has 0 saturated heterocycles. The number of benzene rings is 1. The molecule has 1 aliphatic carbocycles. The Morgan fingerprint density at radius 3 is 2.03 bits per heavy atom. The number of aromatic nitrogens is 2. The first kappa shape index (κ1) is 59.0. The topological polar surface area (TPSA) is 140 Å². The molecule has 0 spiro atoms. The van der Waals surface area contributed by atoms with Crippen molar-refractivity contribution in [1.82, 2.24) is 25.1 Å². The maximum atomic E-state index is 13.6. The Morgan fingerprint density at radius 1 is 1.00 bits per heavy atom. The monoisotopic (exact) mass is 912 g/mol. The number of carbonyl (C=O) groups is 3. The minimum atomic E-state index is -3.03. The fourth-order valence-corrected chi connectivity index (χ4v) is 6.31. The van der Waals surface area contributed by atoms with Gasteiger partial charge in [-0.05, 0) is 95.9 Å². The molecular formula is C50H76ClF2N7O4. The Kier molecular flexibility index (Phi) is 28.5. The third kappa shape index (κ3) is 19.8. The number of nitrogens with zero attached hydrogens (tertiary/aromatic N) is 5. The van der Waals surface area contributed by atoms with E-state index in [2.05, 4.69) is 96.0 Å². The summed E-state index contributed by atoms with van der Waals surface area (Å²) >= 11 is 6.17. The van der Waals surface area contributed by atoms with Gasteiger partial charge < -0.3 is 25.5 Å². The molecule has 11 nitrogen and oxygen atoms in total. The van der Waals surface area contributed by atoms with Gasteiger partial charge in [-0.25, -0.2) is 18.7 Å². The van der Waals surface area contributed by atoms with Gasteiger partial charge in [0.15, 0.2) is 23.0 Å². The molecule has 1 amide bonds. The summed E-state index contributed by atoms with van der Waals surface area (Å²) in [4.78, 5) is 52.5. The smallest absolute Gasteiger partial charge is 0.270 e. The second kappa shape index (κ2) is 31.0. The molecule has 0 aliphatic heterocycles. The van der Waals surface area contributed by atoms with E-state index in [1.165, 1.54) is 49.4 Å². The lowest BCUT2D eigenvalue weighted by Gasteiger charge is -2.34. The van der Waals surface area contributed by atoms with Crippen LogP contribution in [0.5, 0.6) is 5.75 Å². The molecule has 2 aromatic rings. The van der Waals surface area contributed by atoms with Crippen LogP contribution in [0.25, 0.3) is 0 Å². The molecule has 3 rings (SSSR count). The van der Waals surface area contributed by atoms with Gasteiger partial charge in [0.05, 0.1) is 22.1 Å². The van der Waals surface area contributed by atoms with Gasteiger partial charge in [0.25, 0.3) is 5.92 Å². The summed E-state index contributed by atoms with van der Waals surface area (Å²) in [6.45, 7) is 27.6. The summed E-state index contributed by atoms with van der Waals surface area (Å²) in [7, 11) is 3.79. The number of unbranched alkanes of at least 4 members (excludes halogenated alkanes) is 1. The molecular weight excluding hydrogens is 836 g/mol. The molecule has 0 radical (unpaired) electrons. The summed E-state index contributed by atoms with van der Waals surface area (Å²) in [5, 5.41) is 15.2. The number of hydrogen-bond donors (Lipinski definition) is 3. The van der Waals surface area contributed by atoms with Crippen molar-refractivity contribution in [2.24, 2.45) is 4.99 Å². The Bertz CT molecular complexity index is 1980. The van der Waals surface area contributed by atoms with Gasteiger partial charge in [-0.15, -0.1) is 0 Å². The van der Waals surface area contributed by atoms with Gasteiger partial charge in [-0.2, -0.15) is 0 Å². The van der Waals surface area contributed by atoms with Crippen molar-refractivity contribution < 1.29 is 28.3 Å². The summed E-state index contributed by atoms with van der Waals surface area (Å²) in [5.74, 6) is -3.75. The van der Waals surface area contributed by atoms with Gasteiger partial charge in [-0.1, -0.05) is 90.8 Å². The average Bonchev–Trinajstić information content (AvgIpc) is 3.25.